The highest BCUT2D eigenvalue weighted by Gasteiger charge is 2.48. The van der Waals surface area contributed by atoms with E-state index in [1.165, 1.54) is 6.42 Å². The van der Waals surface area contributed by atoms with E-state index in [1.807, 2.05) is 12.1 Å². The maximum absolute atomic E-state index is 13.4. The lowest BCUT2D eigenvalue weighted by Gasteiger charge is -2.38. The van der Waals surface area contributed by atoms with Gasteiger partial charge in [0.25, 0.3) is 5.91 Å². The lowest BCUT2D eigenvalue weighted by Crippen LogP contribution is -2.50. The number of rotatable bonds is 2. The number of hydrogen-bond acceptors (Lipinski definition) is 3. The predicted molar refractivity (Wildman–Crippen MR) is 114 cm³/mol. The molecule has 1 saturated carbocycles. The lowest BCUT2D eigenvalue weighted by molar-refractivity contribution is 0.0648. The normalized spacial score (nSPS) is 18.7. The van der Waals surface area contributed by atoms with Crippen molar-refractivity contribution in [2.75, 3.05) is 0 Å². The number of carbonyl (C=O) groups excluding carboxylic acids is 1. The highest BCUT2D eigenvalue weighted by atomic mass is 35.5. The summed E-state index contributed by atoms with van der Waals surface area (Å²) in [6.45, 7) is 2.05. The van der Waals surface area contributed by atoms with Crippen LogP contribution < -0.4 is 0 Å². The molecule has 0 bridgehead atoms. The fraction of sp³-hybridized carbons (Fsp3) is 0.318. The van der Waals surface area contributed by atoms with Crippen molar-refractivity contribution in [3.05, 3.63) is 70.2 Å². The molecular weight excluding hydrogens is 376 g/mol. The second-order valence-electron chi connectivity index (χ2n) is 7.33. The molecule has 0 saturated heterocycles. The summed E-state index contributed by atoms with van der Waals surface area (Å²) in [5, 5.41) is 0.611. The molecule has 138 valence electrons. The van der Waals surface area contributed by atoms with Gasteiger partial charge in [-0.25, -0.2) is 0 Å². The topological polar surface area (TPSA) is 32.7 Å². The van der Waals surface area contributed by atoms with Crippen molar-refractivity contribution >= 4 is 40.4 Å². The number of halogens is 1. The van der Waals surface area contributed by atoms with E-state index in [9.17, 15) is 4.79 Å². The summed E-state index contributed by atoms with van der Waals surface area (Å²) in [5.41, 5.74) is 2.94. The zero-order valence-corrected chi connectivity index (χ0v) is 16.8. The Morgan fingerprint density at radius 1 is 1.11 bits per heavy atom. The Bertz CT molecular complexity index is 930. The van der Waals surface area contributed by atoms with E-state index >= 15 is 0 Å². The van der Waals surface area contributed by atoms with Gasteiger partial charge in [-0.1, -0.05) is 54.0 Å². The van der Waals surface area contributed by atoms with Crippen LogP contribution in [0.3, 0.4) is 0 Å². The minimum Gasteiger partial charge on any atom is -0.271 e. The van der Waals surface area contributed by atoms with E-state index in [0.29, 0.717) is 15.6 Å². The van der Waals surface area contributed by atoms with Gasteiger partial charge in [-0.05, 0) is 62.9 Å². The number of benzene rings is 2. The molecule has 1 amide bonds. The molecule has 1 heterocycles. The number of amides is 1. The molecular formula is C22H21ClN2OS. The first-order valence-corrected chi connectivity index (χ1v) is 10.1. The van der Waals surface area contributed by atoms with Crippen molar-refractivity contribution in [2.45, 2.75) is 44.7 Å². The quantitative estimate of drug-likeness (QED) is 0.620. The van der Waals surface area contributed by atoms with E-state index in [0.717, 1.165) is 42.5 Å². The van der Waals surface area contributed by atoms with Crippen molar-refractivity contribution in [3.63, 3.8) is 0 Å². The fourth-order valence-corrected chi connectivity index (χ4v) is 4.58. The van der Waals surface area contributed by atoms with Crippen LogP contribution in [-0.4, -0.2) is 27.2 Å². The zero-order chi connectivity index (χ0) is 19.0. The standard InChI is InChI=1S/C22H21ClN2OS/c1-15-6-5-7-17(14-15)19-21(27)25(22(24-19)12-3-2-4-13-22)20(26)16-8-10-18(23)11-9-16/h5-11,14H,2-4,12-13H2,1H3. The second kappa shape index (κ2) is 7.17. The monoisotopic (exact) mass is 396 g/mol. The van der Waals surface area contributed by atoms with Crippen molar-refractivity contribution < 1.29 is 4.79 Å². The van der Waals surface area contributed by atoms with Gasteiger partial charge in [0.1, 0.15) is 16.4 Å². The Kier molecular flexibility index (Phi) is 4.87. The van der Waals surface area contributed by atoms with Gasteiger partial charge in [0, 0.05) is 16.1 Å². The average Bonchev–Trinajstić information content (AvgIpc) is 2.94. The minimum atomic E-state index is -0.550. The Hall–Kier alpha value is -2.04. The first-order valence-electron chi connectivity index (χ1n) is 9.32. The van der Waals surface area contributed by atoms with Crippen LogP contribution in [0.5, 0.6) is 0 Å². The third kappa shape index (κ3) is 3.32. The molecule has 27 heavy (non-hydrogen) atoms. The third-order valence-corrected chi connectivity index (χ3v) is 6.01. The molecule has 1 fully saturated rings. The summed E-state index contributed by atoms with van der Waals surface area (Å²) < 4.78 is 0. The Morgan fingerprint density at radius 3 is 2.48 bits per heavy atom. The van der Waals surface area contributed by atoms with Gasteiger partial charge >= 0.3 is 0 Å². The smallest absolute Gasteiger partial charge is 0.260 e. The van der Waals surface area contributed by atoms with Crippen molar-refractivity contribution in [1.29, 1.82) is 0 Å². The highest BCUT2D eigenvalue weighted by Crippen LogP contribution is 2.41. The summed E-state index contributed by atoms with van der Waals surface area (Å²) in [6.07, 6.45) is 4.98. The molecule has 0 N–H and O–H groups in total. The van der Waals surface area contributed by atoms with E-state index in [-0.39, 0.29) is 5.91 Å². The number of hydrogen-bond donors (Lipinski definition) is 0. The molecule has 3 nitrogen and oxygen atoms in total. The van der Waals surface area contributed by atoms with Crippen LogP contribution in [0, 0.1) is 6.92 Å². The second-order valence-corrected chi connectivity index (χ2v) is 8.15. The van der Waals surface area contributed by atoms with Crippen LogP contribution >= 0.6 is 23.8 Å². The minimum absolute atomic E-state index is 0.0926. The maximum Gasteiger partial charge on any atom is 0.260 e. The van der Waals surface area contributed by atoms with Crippen molar-refractivity contribution in [1.82, 2.24) is 4.90 Å². The third-order valence-electron chi connectivity index (χ3n) is 5.38. The number of thiocarbonyl (C=S) groups is 1. The summed E-state index contributed by atoms with van der Waals surface area (Å²) in [5.74, 6) is -0.0926. The molecule has 2 aromatic carbocycles. The van der Waals surface area contributed by atoms with Crippen LogP contribution in [-0.2, 0) is 0 Å². The van der Waals surface area contributed by atoms with Gasteiger partial charge in [-0.2, -0.15) is 0 Å². The van der Waals surface area contributed by atoms with Crippen LogP contribution in [0.25, 0.3) is 0 Å². The average molecular weight is 397 g/mol. The molecule has 0 atom stereocenters. The largest absolute Gasteiger partial charge is 0.271 e. The van der Waals surface area contributed by atoms with Crippen molar-refractivity contribution in [3.8, 4) is 0 Å². The van der Waals surface area contributed by atoms with Gasteiger partial charge in [0.15, 0.2) is 0 Å². The van der Waals surface area contributed by atoms with Gasteiger partial charge in [-0.3, -0.25) is 14.7 Å². The Labute approximate surface area is 170 Å². The van der Waals surface area contributed by atoms with Crippen LogP contribution in [0.1, 0.15) is 53.6 Å². The highest BCUT2D eigenvalue weighted by molar-refractivity contribution is 7.82. The van der Waals surface area contributed by atoms with Gasteiger partial charge in [0.2, 0.25) is 0 Å². The number of aliphatic imine (C=N–C) groups is 1. The first-order chi connectivity index (χ1) is 13.0. The predicted octanol–water partition coefficient (Wildman–Crippen LogP) is 5.58. The fourth-order valence-electron chi connectivity index (χ4n) is 4.04. The number of carbonyl (C=O) groups is 1. The molecule has 0 unspecified atom stereocenters. The molecule has 0 radical (unpaired) electrons. The van der Waals surface area contributed by atoms with E-state index < -0.39 is 5.66 Å². The van der Waals surface area contributed by atoms with Crippen LogP contribution in [0.4, 0.5) is 0 Å². The zero-order valence-electron chi connectivity index (χ0n) is 15.2. The molecule has 0 aromatic heterocycles. The summed E-state index contributed by atoms with van der Waals surface area (Å²) in [7, 11) is 0. The molecule has 1 aliphatic carbocycles. The molecule has 5 heteroatoms. The lowest BCUT2D eigenvalue weighted by atomic mass is 9.88. The number of nitrogens with zero attached hydrogens (tertiary/aromatic N) is 2. The SMILES string of the molecule is Cc1cccc(C2=NC3(CCCCC3)N(C(=O)c3ccc(Cl)cc3)C2=S)c1. The summed E-state index contributed by atoms with van der Waals surface area (Å²) >= 11 is 11.8. The molecule has 1 aliphatic heterocycles. The molecule has 2 aromatic rings. The Balaban J connectivity index is 1.77. The summed E-state index contributed by atoms with van der Waals surface area (Å²) in [4.78, 5) is 20.8. The number of aryl methyl sites for hydroxylation is 1. The van der Waals surface area contributed by atoms with Gasteiger partial charge < -0.3 is 0 Å². The van der Waals surface area contributed by atoms with E-state index in [4.69, 9.17) is 28.8 Å². The van der Waals surface area contributed by atoms with Crippen molar-refractivity contribution in [2.24, 2.45) is 4.99 Å². The van der Waals surface area contributed by atoms with Crippen LogP contribution in [0.15, 0.2) is 53.5 Å². The van der Waals surface area contributed by atoms with E-state index in [2.05, 4.69) is 19.1 Å². The molecule has 4 rings (SSSR count). The summed E-state index contributed by atoms with van der Waals surface area (Å²) in [6, 6.07) is 15.2. The van der Waals surface area contributed by atoms with Gasteiger partial charge in [0.05, 0.1) is 0 Å². The molecule has 1 spiro atoms. The van der Waals surface area contributed by atoms with Crippen LogP contribution in [0.2, 0.25) is 5.02 Å². The van der Waals surface area contributed by atoms with E-state index in [1.54, 1.807) is 29.2 Å². The Morgan fingerprint density at radius 2 is 1.81 bits per heavy atom. The molecule has 2 aliphatic rings. The van der Waals surface area contributed by atoms with Gasteiger partial charge in [-0.15, -0.1) is 0 Å². The maximum atomic E-state index is 13.4. The first kappa shape index (κ1) is 18.3.